The van der Waals surface area contributed by atoms with E-state index in [2.05, 4.69) is 30.6 Å². The maximum Gasteiger partial charge on any atom is 0.0625 e. The molecule has 0 radical (unpaired) electrons. The van der Waals surface area contributed by atoms with Gasteiger partial charge in [0, 0.05) is 5.69 Å². The van der Waals surface area contributed by atoms with E-state index < -0.39 is 0 Å². The lowest BCUT2D eigenvalue weighted by atomic mass is 10.2. The van der Waals surface area contributed by atoms with Crippen molar-refractivity contribution in [1.29, 1.82) is 0 Å². The molecule has 0 saturated heterocycles. The fourth-order valence-corrected chi connectivity index (χ4v) is 1.54. The molecule has 2 N–H and O–H groups in total. The Labute approximate surface area is 79.9 Å². The number of nitrogens with zero attached hydrogens (tertiary/aromatic N) is 2. The molecule has 0 fully saturated rings. The summed E-state index contributed by atoms with van der Waals surface area (Å²) in [6.45, 7) is 9.16. The minimum atomic E-state index is 0.414. The smallest absolute Gasteiger partial charge is 0.0625 e. The Morgan fingerprint density at radius 2 is 2.00 bits per heavy atom. The van der Waals surface area contributed by atoms with Crippen LogP contribution >= 0.6 is 0 Å². The average Bonchev–Trinajstić information content (AvgIpc) is 2.33. The number of aryl methyl sites for hydroxylation is 1. The lowest BCUT2D eigenvalue weighted by Crippen LogP contribution is -2.13. The van der Waals surface area contributed by atoms with Gasteiger partial charge in [0.15, 0.2) is 0 Å². The van der Waals surface area contributed by atoms with Crippen molar-refractivity contribution in [3.8, 4) is 0 Å². The predicted molar refractivity (Wildman–Crippen MR) is 54.8 cm³/mol. The molecule has 3 heteroatoms. The predicted octanol–water partition coefficient (Wildman–Crippen LogP) is 1.72. The van der Waals surface area contributed by atoms with Gasteiger partial charge in [-0.1, -0.05) is 0 Å². The Bertz CT molecular complexity index is 289. The molecule has 0 amide bonds. The summed E-state index contributed by atoms with van der Waals surface area (Å²) >= 11 is 0. The monoisotopic (exact) mass is 181 g/mol. The van der Waals surface area contributed by atoms with E-state index in [1.54, 1.807) is 0 Å². The van der Waals surface area contributed by atoms with Gasteiger partial charge in [-0.3, -0.25) is 4.68 Å². The number of aromatic nitrogens is 2. The first-order valence-electron chi connectivity index (χ1n) is 4.80. The van der Waals surface area contributed by atoms with Crippen molar-refractivity contribution in [2.24, 2.45) is 5.73 Å². The minimum absolute atomic E-state index is 0.414. The Hall–Kier alpha value is -0.830. The summed E-state index contributed by atoms with van der Waals surface area (Å²) in [5, 5.41) is 4.49. The lowest BCUT2D eigenvalue weighted by molar-refractivity contribution is 0.453. The van der Waals surface area contributed by atoms with E-state index in [4.69, 9.17) is 5.73 Å². The van der Waals surface area contributed by atoms with Gasteiger partial charge in [-0.05, 0) is 46.2 Å². The van der Waals surface area contributed by atoms with Crippen LogP contribution in [0.4, 0.5) is 0 Å². The second-order valence-corrected chi connectivity index (χ2v) is 3.67. The first-order chi connectivity index (χ1) is 6.07. The molecule has 1 atom stereocenters. The van der Waals surface area contributed by atoms with Gasteiger partial charge >= 0.3 is 0 Å². The van der Waals surface area contributed by atoms with Crippen LogP contribution in [0.2, 0.25) is 0 Å². The minimum Gasteiger partial charge on any atom is -0.330 e. The summed E-state index contributed by atoms with van der Waals surface area (Å²) in [4.78, 5) is 0. The van der Waals surface area contributed by atoms with Crippen molar-refractivity contribution in [3.63, 3.8) is 0 Å². The van der Waals surface area contributed by atoms with E-state index in [0.717, 1.165) is 18.7 Å². The van der Waals surface area contributed by atoms with E-state index in [1.807, 2.05) is 6.92 Å². The van der Waals surface area contributed by atoms with Crippen molar-refractivity contribution in [2.45, 2.75) is 40.2 Å². The topological polar surface area (TPSA) is 43.8 Å². The van der Waals surface area contributed by atoms with Gasteiger partial charge < -0.3 is 5.73 Å². The quantitative estimate of drug-likeness (QED) is 0.771. The second-order valence-electron chi connectivity index (χ2n) is 3.67. The number of hydrogen-bond donors (Lipinski definition) is 1. The highest BCUT2D eigenvalue weighted by atomic mass is 15.3. The molecule has 0 saturated carbocycles. The van der Waals surface area contributed by atoms with Gasteiger partial charge in [-0.15, -0.1) is 0 Å². The van der Waals surface area contributed by atoms with Crippen LogP contribution in [-0.2, 0) is 0 Å². The van der Waals surface area contributed by atoms with Crippen LogP contribution in [0, 0.1) is 20.8 Å². The molecule has 0 spiro atoms. The lowest BCUT2D eigenvalue weighted by Gasteiger charge is -2.12. The molecule has 13 heavy (non-hydrogen) atoms. The Morgan fingerprint density at radius 1 is 1.38 bits per heavy atom. The van der Waals surface area contributed by atoms with Gasteiger partial charge in [0.05, 0.1) is 11.7 Å². The highest BCUT2D eigenvalue weighted by Gasteiger charge is 2.11. The molecule has 0 aliphatic rings. The van der Waals surface area contributed by atoms with Crippen molar-refractivity contribution in [1.82, 2.24) is 9.78 Å². The summed E-state index contributed by atoms with van der Waals surface area (Å²) in [5.74, 6) is 0. The number of nitrogens with two attached hydrogens (primary N) is 1. The molecule has 1 rings (SSSR count). The fraction of sp³-hybridized carbons (Fsp3) is 0.700. The number of rotatable bonds is 3. The average molecular weight is 181 g/mol. The van der Waals surface area contributed by atoms with Crippen molar-refractivity contribution in [2.75, 3.05) is 6.54 Å². The Balaban J connectivity index is 2.94. The molecular formula is C10H19N3. The van der Waals surface area contributed by atoms with E-state index in [1.165, 1.54) is 11.3 Å². The van der Waals surface area contributed by atoms with E-state index >= 15 is 0 Å². The van der Waals surface area contributed by atoms with Gasteiger partial charge in [-0.2, -0.15) is 5.10 Å². The van der Waals surface area contributed by atoms with Crippen LogP contribution in [-0.4, -0.2) is 16.3 Å². The molecule has 74 valence electrons. The van der Waals surface area contributed by atoms with Crippen LogP contribution in [0.15, 0.2) is 0 Å². The summed E-state index contributed by atoms with van der Waals surface area (Å²) in [6.07, 6.45) is 0.988. The Morgan fingerprint density at radius 3 is 2.38 bits per heavy atom. The molecule has 1 unspecified atom stereocenters. The maximum atomic E-state index is 5.52. The van der Waals surface area contributed by atoms with E-state index in [9.17, 15) is 0 Å². The standard InChI is InChI=1S/C10H19N3/c1-7(5-6-11)13-10(4)8(2)9(3)12-13/h7H,5-6,11H2,1-4H3. The van der Waals surface area contributed by atoms with Gasteiger partial charge in [0.25, 0.3) is 0 Å². The third kappa shape index (κ3) is 1.91. The largest absolute Gasteiger partial charge is 0.330 e. The molecule has 0 aliphatic carbocycles. The first-order valence-corrected chi connectivity index (χ1v) is 4.80. The molecule has 1 aromatic heterocycles. The molecular weight excluding hydrogens is 162 g/mol. The van der Waals surface area contributed by atoms with Crippen molar-refractivity contribution >= 4 is 0 Å². The Kier molecular flexibility index (Phi) is 3.09. The van der Waals surface area contributed by atoms with Crippen LogP contribution < -0.4 is 5.73 Å². The van der Waals surface area contributed by atoms with Gasteiger partial charge in [0.2, 0.25) is 0 Å². The van der Waals surface area contributed by atoms with Crippen LogP contribution in [0.5, 0.6) is 0 Å². The zero-order valence-electron chi connectivity index (χ0n) is 8.96. The van der Waals surface area contributed by atoms with E-state index in [0.29, 0.717) is 6.04 Å². The van der Waals surface area contributed by atoms with Gasteiger partial charge in [0.1, 0.15) is 0 Å². The third-order valence-corrected chi connectivity index (χ3v) is 2.69. The second kappa shape index (κ2) is 3.92. The summed E-state index contributed by atoms with van der Waals surface area (Å²) in [6, 6.07) is 0.414. The molecule has 0 aliphatic heterocycles. The molecule has 0 aromatic carbocycles. The zero-order valence-corrected chi connectivity index (χ0v) is 8.96. The summed E-state index contributed by atoms with van der Waals surface area (Å²) in [7, 11) is 0. The third-order valence-electron chi connectivity index (χ3n) is 2.69. The zero-order chi connectivity index (χ0) is 10.0. The van der Waals surface area contributed by atoms with Crippen LogP contribution in [0.3, 0.4) is 0 Å². The number of hydrogen-bond acceptors (Lipinski definition) is 2. The molecule has 3 nitrogen and oxygen atoms in total. The fourth-order valence-electron chi connectivity index (χ4n) is 1.54. The highest BCUT2D eigenvalue weighted by molar-refractivity contribution is 5.22. The summed E-state index contributed by atoms with van der Waals surface area (Å²) in [5.41, 5.74) is 9.20. The highest BCUT2D eigenvalue weighted by Crippen LogP contribution is 2.17. The maximum absolute atomic E-state index is 5.52. The van der Waals surface area contributed by atoms with Crippen LogP contribution in [0.1, 0.15) is 36.3 Å². The van der Waals surface area contributed by atoms with Crippen LogP contribution in [0.25, 0.3) is 0 Å². The molecule has 1 aromatic rings. The SMILES string of the molecule is Cc1nn(C(C)CCN)c(C)c1C. The van der Waals surface area contributed by atoms with E-state index in [-0.39, 0.29) is 0 Å². The van der Waals surface area contributed by atoms with Crippen molar-refractivity contribution < 1.29 is 0 Å². The first kappa shape index (κ1) is 10.3. The summed E-state index contributed by atoms with van der Waals surface area (Å²) < 4.78 is 2.08. The van der Waals surface area contributed by atoms with Gasteiger partial charge in [-0.25, -0.2) is 0 Å². The molecule has 1 heterocycles. The normalized spacial score (nSPS) is 13.3. The molecule has 0 bridgehead atoms. The van der Waals surface area contributed by atoms with Crippen molar-refractivity contribution in [3.05, 3.63) is 17.0 Å².